The molecule has 0 bridgehead atoms. The van der Waals surface area contributed by atoms with Crippen LogP contribution < -0.4 is 0 Å². The van der Waals surface area contributed by atoms with Crippen molar-refractivity contribution in [1.29, 1.82) is 0 Å². The number of hydrogen-bond donors (Lipinski definition) is 0. The fourth-order valence-electron chi connectivity index (χ4n) is 8.06. The van der Waals surface area contributed by atoms with Crippen molar-refractivity contribution in [3.05, 3.63) is 194 Å². The molecule has 0 radical (unpaired) electrons. The van der Waals surface area contributed by atoms with Gasteiger partial charge in [0.1, 0.15) is 22.3 Å². The molecule has 3 heterocycles. The highest BCUT2D eigenvalue weighted by molar-refractivity contribution is 6.16. The van der Waals surface area contributed by atoms with Crippen LogP contribution in [0, 0.1) is 0 Å². The zero-order valence-electron chi connectivity index (χ0n) is 30.2. The first kappa shape index (κ1) is 31.9. The summed E-state index contributed by atoms with van der Waals surface area (Å²) in [6.45, 7) is 0. The first-order valence-corrected chi connectivity index (χ1v) is 18.8. The molecular formula is C52H32N2O2. The van der Waals surface area contributed by atoms with Crippen LogP contribution in [0.4, 0.5) is 0 Å². The first-order valence-electron chi connectivity index (χ1n) is 18.8. The Morgan fingerprint density at radius 1 is 0.321 bits per heavy atom. The van der Waals surface area contributed by atoms with E-state index >= 15 is 0 Å². The van der Waals surface area contributed by atoms with Gasteiger partial charge in [-0.2, -0.15) is 0 Å². The van der Waals surface area contributed by atoms with Gasteiger partial charge in [-0.1, -0.05) is 164 Å². The molecule has 0 amide bonds. The normalized spacial score (nSPS) is 11.6. The van der Waals surface area contributed by atoms with Crippen LogP contribution >= 0.6 is 0 Å². The lowest BCUT2D eigenvalue weighted by atomic mass is 9.89. The predicted octanol–water partition coefficient (Wildman–Crippen LogP) is 14.3. The average Bonchev–Trinajstić information content (AvgIpc) is 3.85. The molecule has 11 rings (SSSR count). The Balaban J connectivity index is 1.07. The van der Waals surface area contributed by atoms with E-state index in [0.717, 1.165) is 105 Å². The molecule has 0 aliphatic carbocycles. The molecule has 8 aromatic carbocycles. The molecule has 4 nitrogen and oxygen atoms in total. The van der Waals surface area contributed by atoms with Crippen LogP contribution in [0.1, 0.15) is 0 Å². The third-order valence-electron chi connectivity index (χ3n) is 10.7. The summed E-state index contributed by atoms with van der Waals surface area (Å²) in [6.07, 6.45) is 0. The molecule has 0 saturated heterocycles. The smallest absolute Gasteiger partial charge is 0.160 e. The molecule has 4 heteroatoms. The Bertz CT molecular complexity index is 3180. The van der Waals surface area contributed by atoms with Crippen LogP contribution in [0.15, 0.2) is 203 Å². The molecule has 0 aliphatic rings. The Labute approximate surface area is 323 Å². The summed E-state index contributed by atoms with van der Waals surface area (Å²) < 4.78 is 12.9. The SMILES string of the molecule is c1ccc(-c2cc(-c3ccc(-c4c(-c5cccc(-c6cccc7c6oc6ccccc67)c5)ccc5oc6ccccc6c45)cc3)nc(-c3ccccc3)n2)cc1. The summed E-state index contributed by atoms with van der Waals surface area (Å²) in [5.41, 5.74) is 14.9. The lowest BCUT2D eigenvalue weighted by Crippen LogP contribution is -1.96. The number of furan rings is 2. The van der Waals surface area contributed by atoms with Crippen LogP contribution in [-0.2, 0) is 0 Å². The van der Waals surface area contributed by atoms with Crippen molar-refractivity contribution >= 4 is 43.9 Å². The standard InChI is InChI=1S/C52H32N2O2/c1-3-13-33(14-4-1)44-32-45(54-52(53-44)36-15-5-2-6-16-36)34-25-27-35(28-26-34)49-39(29-30-48-50(49)43-20-8-10-24-47(43)55-48)37-17-11-18-38(31-37)40-21-12-22-42-41-19-7-9-23-46(41)56-51(40)42/h1-32H. The van der Waals surface area contributed by atoms with E-state index in [0.29, 0.717) is 5.82 Å². The van der Waals surface area contributed by atoms with Gasteiger partial charge in [-0.05, 0) is 52.6 Å². The number of nitrogens with zero attached hydrogens (tertiary/aromatic N) is 2. The number of rotatable bonds is 6. The average molecular weight is 717 g/mol. The summed E-state index contributed by atoms with van der Waals surface area (Å²) in [7, 11) is 0. The quantitative estimate of drug-likeness (QED) is 0.172. The molecule has 0 spiro atoms. The number of fused-ring (bicyclic) bond motifs is 6. The molecule has 0 fully saturated rings. The van der Waals surface area contributed by atoms with Crippen molar-refractivity contribution in [3.8, 4) is 67.3 Å². The van der Waals surface area contributed by atoms with Gasteiger partial charge in [0.2, 0.25) is 0 Å². The highest BCUT2D eigenvalue weighted by Crippen LogP contribution is 2.44. The minimum absolute atomic E-state index is 0.696. The second-order valence-electron chi connectivity index (χ2n) is 14.1. The maximum atomic E-state index is 6.46. The van der Waals surface area contributed by atoms with Gasteiger partial charge in [0.05, 0.1) is 11.4 Å². The molecule has 56 heavy (non-hydrogen) atoms. The van der Waals surface area contributed by atoms with Gasteiger partial charge in [-0.25, -0.2) is 9.97 Å². The number of aromatic nitrogens is 2. The Morgan fingerprint density at radius 3 is 1.62 bits per heavy atom. The molecule has 0 atom stereocenters. The summed E-state index contributed by atoms with van der Waals surface area (Å²) in [5.74, 6) is 0.696. The second-order valence-corrected chi connectivity index (χ2v) is 14.1. The maximum Gasteiger partial charge on any atom is 0.160 e. The summed E-state index contributed by atoms with van der Waals surface area (Å²) >= 11 is 0. The van der Waals surface area contributed by atoms with Gasteiger partial charge in [-0.3, -0.25) is 0 Å². The molecular weight excluding hydrogens is 685 g/mol. The van der Waals surface area contributed by atoms with Gasteiger partial charge in [0.15, 0.2) is 5.82 Å². The minimum atomic E-state index is 0.696. The fourth-order valence-corrected chi connectivity index (χ4v) is 8.06. The van der Waals surface area contributed by atoms with Gasteiger partial charge in [-0.15, -0.1) is 0 Å². The van der Waals surface area contributed by atoms with Crippen molar-refractivity contribution in [3.63, 3.8) is 0 Å². The summed E-state index contributed by atoms with van der Waals surface area (Å²) in [5, 5.41) is 4.42. The van der Waals surface area contributed by atoms with Crippen molar-refractivity contribution in [2.75, 3.05) is 0 Å². The van der Waals surface area contributed by atoms with Crippen LogP contribution in [0.25, 0.3) is 111 Å². The number of para-hydroxylation sites is 3. The fraction of sp³-hybridized carbons (Fsp3) is 0. The first-order chi connectivity index (χ1) is 27.7. The topological polar surface area (TPSA) is 52.1 Å². The van der Waals surface area contributed by atoms with E-state index in [1.807, 2.05) is 60.7 Å². The van der Waals surface area contributed by atoms with Crippen LogP contribution in [0.5, 0.6) is 0 Å². The van der Waals surface area contributed by atoms with E-state index in [1.54, 1.807) is 0 Å². The van der Waals surface area contributed by atoms with E-state index in [-0.39, 0.29) is 0 Å². The molecule has 0 saturated carbocycles. The predicted molar refractivity (Wildman–Crippen MR) is 229 cm³/mol. The van der Waals surface area contributed by atoms with Gasteiger partial charge >= 0.3 is 0 Å². The maximum absolute atomic E-state index is 6.46. The van der Waals surface area contributed by atoms with Crippen molar-refractivity contribution < 1.29 is 8.83 Å². The van der Waals surface area contributed by atoms with E-state index in [9.17, 15) is 0 Å². The number of benzene rings is 8. The lowest BCUT2D eigenvalue weighted by molar-refractivity contribution is 0.669. The molecule has 262 valence electrons. The van der Waals surface area contributed by atoms with Gasteiger partial charge < -0.3 is 8.83 Å². The van der Waals surface area contributed by atoms with Gasteiger partial charge in [0.25, 0.3) is 0 Å². The monoisotopic (exact) mass is 716 g/mol. The van der Waals surface area contributed by atoms with E-state index < -0.39 is 0 Å². The number of hydrogen-bond acceptors (Lipinski definition) is 4. The van der Waals surface area contributed by atoms with Crippen molar-refractivity contribution in [2.45, 2.75) is 0 Å². The van der Waals surface area contributed by atoms with Crippen molar-refractivity contribution in [1.82, 2.24) is 9.97 Å². The van der Waals surface area contributed by atoms with Crippen molar-refractivity contribution in [2.24, 2.45) is 0 Å². The zero-order chi connectivity index (χ0) is 37.0. The van der Waals surface area contributed by atoms with Crippen LogP contribution in [0.2, 0.25) is 0 Å². The summed E-state index contributed by atoms with van der Waals surface area (Å²) in [4.78, 5) is 10.1. The highest BCUT2D eigenvalue weighted by atomic mass is 16.3. The highest BCUT2D eigenvalue weighted by Gasteiger charge is 2.20. The second kappa shape index (κ2) is 13.1. The molecule has 0 aliphatic heterocycles. The lowest BCUT2D eigenvalue weighted by Gasteiger charge is -2.14. The van der Waals surface area contributed by atoms with Gasteiger partial charge in [0, 0.05) is 49.4 Å². The largest absolute Gasteiger partial charge is 0.456 e. The Morgan fingerprint density at radius 2 is 0.875 bits per heavy atom. The van der Waals surface area contributed by atoms with Crippen LogP contribution in [0.3, 0.4) is 0 Å². The third-order valence-corrected chi connectivity index (χ3v) is 10.7. The molecule has 3 aromatic heterocycles. The Kier molecular flexibility index (Phi) is 7.46. The molecule has 11 aromatic rings. The zero-order valence-corrected chi connectivity index (χ0v) is 30.2. The summed E-state index contributed by atoms with van der Waals surface area (Å²) in [6, 6.07) is 67.3. The molecule has 0 N–H and O–H groups in total. The van der Waals surface area contributed by atoms with Crippen LogP contribution in [-0.4, -0.2) is 9.97 Å². The Hall–Kier alpha value is -7.56. The third kappa shape index (κ3) is 5.39. The minimum Gasteiger partial charge on any atom is -0.456 e. The van der Waals surface area contributed by atoms with E-state index in [1.165, 1.54) is 0 Å². The molecule has 0 unspecified atom stereocenters. The van der Waals surface area contributed by atoms with E-state index in [4.69, 9.17) is 18.8 Å². The van der Waals surface area contributed by atoms with E-state index in [2.05, 4.69) is 133 Å².